The minimum Gasteiger partial charge on any atom is -0.360 e. The maximum atomic E-state index is 13.0. The van der Waals surface area contributed by atoms with Crippen LogP contribution < -0.4 is 5.73 Å². The van der Waals surface area contributed by atoms with Crippen LogP contribution in [0.4, 0.5) is 0 Å². The number of aromatic nitrogens is 1. The van der Waals surface area contributed by atoms with Gasteiger partial charge in [-0.3, -0.25) is 4.79 Å². The molecular weight excluding hydrogens is 368 g/mol. The summed E-state index contributed by atoms with van der Waals surface area (Å²) in [5.74, 6) is 0.297. The van der Waals surface area contributed by atoms with Crippen LogP contribution in [0.3, 0.4) is 0 Å². The molecule has 2 aliphatic rings. The number of amides is 1. The molecule has 3 rings (SSSR count). The first-order valence-corrected chi connectivity index (χ1v) is 11.2. The summed E-state index contributed by atoms with van der Waals surface area (Å²) < 4.78 is 32.3. The van der Waals surface area contributed by atoms with Gasteiger partial charge in [0.2, 0.25) is 15.9 Å². The molecule has 2 unspecified atom stereocenters. The quantitative estimate of drug-likeness (QED) is 0.821. The predicted molar refractivity (Wildman–Crippen MR) is 100 cm³/mol. The third-order valence-corrected chi connectivity index (χ3v) is 7.95. The second-order valence-electron chi connectivity index (χ2n) is 7.79. The molecule has 2 aliphatic heterocycles. The highest BCUT2D eigenvalue weighted by molar-refractivity contribution is 7.89. The van der Waals surface area contributed by atoms with Crippen molar-refractivity contribution in [2.45, 2.75) is 69.9 Å². The number of aryl methyl sites for hydroxylation is 2. The van der Waals surface area contributed by atoms with Crippen LogP contribution in [-0.2, 0) is 14.8 Å². The molecule has 0 bridgehead atoms. The summed E-state index contributed by atoms with van der Waals surface area (Å²) in [6, 6.07) is 0.0459. The first-order chi connectivity index (χ1) is 12.7. The van der Waals surface area contributed by atoms with Crippen molar-refractivity contribution in [2.24, 2.45) is 11.7 Å². The summed E-state index contributed by atoms with van der Waals surface area (Å²) in [5.41, 5.74) is 6.46. The van der Waals surface area contributed by atoms with Crippen LogP contribution in [0.1, 0.15) is 50.5 Å². The fourth-order valence-electron chi connectivity index (χ4n) is 4.33. The fourth-order valence-corrected chi connectivity index (χ4v) is 6.09. The Hall–Kier alpha value is -1.45. The highest BCUT2D eigenvalue weighted by Crippen LogP contribution is 2.30. The zero-order chi connectivity index (χ0) is 19.8. The van der Waals surface area contributed by atoms with E-state index < -0.39 is 10.0 Å². The maximum Gasteiger partial charge on any atom is 0.248 e. The standard InChI is InChI=1S/C18H30N4O4S/c1-12(19)16-6-4-5-9-22(16)18(23)15-7-10-21(11-8-15)27(24,25)17-13(2)20-26-14(17)3/h12,15-16H,4-11,19H2,1-3H3. The molecule has 9 heteroatoms. The van der Waals surface area contributed by atoms with Gasteiger partial charge in [0.1, 0.15) is 10.6 Å². The first-order valence-electron chi connectivity index (χ1n) is 9.72. The van der Waals surface area contributed by atoms with Gasteiger partial charge in [0.25, 0.3) is 0 Å². The summed E-state index contributed by atoms with van der Waals surface area (Å²) in [5, 5.41) is 3.75. The van der Waals surface area contributed by atoms with E-state index in [1.807, 2.05) is 11.8 Å². The number of rotatable bonds is 4. The molecule has 3 heterocycles. The molecular formula is C18H30N4O4S. The Bertz CT molecular complexity index is 762. The molecule has 152 valence electrons. The van der Waals surface area contributed by atoms with Crippen molar-refractivity contribution in [1.29, 1.82) is 0 Å². The Morgan fingerprint density at radius 2 is 1.85 bits per heavy atom. The summed E-state index contributed by atoms with van der Waals surface area (Å²) >= 11 is 0. The van der Waals surface area contributed by atoms with Gasteiger partial charge in [0, 0.05) is 37.6 Å². The summed E-state index contributed by atoms with van der Waals surface area (Å²) in [4.78, 5) is 15.1. The molecule has 0 radical (unpaired) electrons. The van der Waals surface area contributed by atoms with Crippen molar-refractivity contribution >= 4 is 15.9 Å². The van der Waals surface area contributed by atoms with E-state index in [0.29, 0.717) is 37.4 Å². The van der Waals surface area contributed by atoms with Crippen molar-refractivity contribution < 1.29 is 17.7 Å². The molecule has 0 aromatic carbocycles. The van der Waals surface area contributed by atoms with Crippen molar-refractivity contribution in [2.75, 3.05) is 19.6 Å². The van der Waals surface area contributed by atoms with E-state index in [9.17, 15) is 13.2 Å². The van der Waals surface area contributed by atoms with Crippen LogP contribution in [0.15, 0.2) is 9.42 Å². The maximum absolute atomic E-state index is 13.0. The van der Waals surface area contributed by atoms with Gasteiger partial charge in [-0.15, -0.1) is 0 Å². The van der Waals surface area contributed by atoms with Crippen LogP contribution in [0.5, 0.6) is 0 Å². The van der Waals surface area contributed by atoms with E-state index in [4.69, 9.17) is 10.3 Å². The molecule has 1 aromatic heterocycles. The zero-order valence-electron chi connectivity index (χ0n) is 16.3. The van der Waals surface area contributed by atoms with E-state index in [-0.39, 0.29) is 28.8 Å². The molecule has 2 saturated heterocycles. The van der Waals surface area contributed by atoms with Crippen molar-refractivity contribution in [3.8, 4) is 0 Å². The normalized spacial score (nSPS) is 24.1. The Balaban J connectivity index is 1.67. The monoisotopic (exact) mass is 398 g/mol. The molecule has 27 heavy (non-hydrogen) atoms. The lowest BCUT2D eigenvalue weighted by molar-refractivity contribution is -0.141. The average molecular weight is 399 g/mol. The number of piperidine rings is 2. The number of carbonyl (C=O) groups is 1. The third kappa shape index (κ3) is 3.90. The largest absolute Gasteiger partial charge is 0.360 e. The van der Waals surface area contributed by atoms with Crippen LogP contribution in [0.25, 0.3) is 0 Å². The number of carbonyl (C=O) groups excluding carboxylic acids is 1. The molecule has 2 N–H and O–H groups in total. The summed E-state index contributed by atoms with van der Waals surface area (Å²) in [6.45, 7) is 6.61. The number of hydrogen-bond acceptors (Lipinski definition) is 6. The summed E-state index contributed by atoms with van der Waals surface area (Å²) in [7, 11) is -3.65. The number of likely N-dealkylation sites (tertiary alicyclic amines) is 1. The Morgan fingerprint density at radius 3 is 2.41 bits per heavy atom. The van der Waals surface area contributed by atoms with Crippen molar-refractivity contribution in [3.63, 3.8) is 0 Å². The predicted octanol–water partition coefficient (Wildman–Crippen LogP) is 1.42. The van der Waals surface area contributed by atoms with Gasteiger partial charge in [-0.2, -0.15) is 4.31 Å². The number of hydrogen-bond donors (Lipinski definition) is 1. The number of nitrogens with two attached hydrogens (primary N) is 1. The number of sulfonamides is 1. The fraction of sp³-hybridized carbons (Fsp3) is 0.778. The van der Waals surface area contributed by atoms with Crippen molar-refractivity contribution in [1.82, 2.24) is 14.4 Å². The SMILES string of the molecule is Cc1noc(C)c1S(=O)(=O)N1CCC(C(=O)N2CCCCC2C(C)N)CC1. The molecule has 0 aliphatic carbocycles. The van der Waals surface area contributed by atoms with Crippen LogP contribution in [0, 0.1) is 19.8 Å². The van der Waals surface area contributed by atoms with Gasteiger partial charge in [0.15, 0.2) is 5.76 Å². The van der Waals surface area contributed by atoms with E-state index in [1.165, 1.54) is 4.31 Å². The lowest BCUT2D eigenvalue weighted by Gasteiger charge is -2.41. The van der Waals surface area contributed by atoms with Gasteiger partial charge in [0.05, 0.1) is 0 Å². The smallest absolute Gasteiger partial charge is 0.248 e. The minimum atomic E-state index is -3.65. The molecule has 0 spiro atoms. The minimum absolute atomic E-state index is 0.0470. The molecule has 1 amide bonds. The lowest BCUT2D eigenvalue weighted by atomic mass is 9.91. The topological polar surface area (TPSA) is 110 Å². The van der Waals surface area contributed by atoms with Gasteiger partial charge < -0.3 is 15.2 Å². The summed E-state index contributed by atoms with van der Waals surface area (Å²) in [6.07, 6.45) is 4.12. The van der Waals surface area contributed by atoms with Crippen LogP contribution in [-0.4, -0.2) is 60.4 Å². The average Bonchev–Trinajstić information content (AvgIpc) is 3.00. The molecule has 2 fully saturated rings. The lowest BCUT2D eigenvalue weighted by Crippen LogP contribution is -2.54. The third-order valence-electron chi connectivity index (χ3n) is 5.81. The first kappa shape index (κ1) is 20.3. The van der Waals surface area contributed by atoms with Crippen LogP contribution in [0.2, 0.25) is 0 Å². The number of nitrogens with zero attached hydrogens (tertiary/aromatic N) is 3. The van der Waals surface area contributed by atoms with Gasteiger partial charge >= 0.3 is 0 Å². The van der Waals surface area contributed by atoms with E-state index in [1.54, 1.807) is 13.8 Å². The van der Waals surface area contributed by atoms with Crippen molar-refractivity contribution in [3.05, 3.63) is 11.5 Å². The zero-order valence-corrected chi connectivity index (χ0v) is 17.2. The van der Waals surface area contributed by atoms with E-state index >= 15 is 0 Å². The molecule has 2 atom stereocenters. The van der Waals surface area contributed by atoms with E-state index in [0.717, 1.165) is 25.8 Å². The second-order valence-corrected chi connectivity index (χ2v) is 9.66. The van der Waals surface area contributed by atoms with Gasteiger partial charge in [-0.05, 0) is 52.9 Å². The Labute approximate surface area is 161 Å². The Morgan fingerprint density at radius 1 is 1.19 bits per heavy atom. The van der Waals surface area contributed by atoms with Crippen LogP contribution >= 0.6 is 0 Å². The van der Waals surface area contributed by atoms with E-state index in [2.05, 4.69) is 5.16 Å². The van der Waals surface area contributed by atoms with Gasteiger partial charge in [-0.1, -0.05) is 5.16 Å². The highest BCUT2D eigenvalue weighted by atomic mass is 32.2. The Kier molecular flexibility index (Phi) is 5.93. The molecule has 8 nitrogen and oxygen atoms in total. The van der Waals surface area contributed by atoms with Gasteiger partial charge in [-0.25, -0.2) is 8.42 Å². The highest BCUT2D eigenvalue weighted by Gasteiger charge is 2.38. The molecule has 1 aromatic rings. The second kappa shape index (κ2) is 7.89. The molecule has 0 saturated carbocycles.